The van der Waals surface area contributed by atoms with E-state index in [0.717, 1.165) is 17.2 Å². The predicted octanol–water partition coefficient (Wildman–Crippen LogP) is 1.80. The van der Waals surface area contributed by atoms with E-state index in [9.17, 15) is 13.2 Å². The number of nitrogens with two attached hydrogens (primary N) is 1. The van der Waals surface area contributed by atoms with Crippen molar-refractivity contribution in [3.8, 4) is 0 Å². The quantitative estimate of drug-likeness (QED) is 0.900. The third-order valence-corrected chi connectivity index (χ3v) is 3.59. The molecule has 0 atom stereocenters. The van der Waals surface area contributed by atoms with Gasteiger partial charge in [0.25, 0.3) is 15.9 Å². The van der Waals surface area contributed by atoms with Gasteiger partial charge in [-0.2, -0.15) is 0 Å². The minimum atomic E-state index is -3.95. The van der Waals surface area contributed by atoms with E-state index in [1.807, 2.05) is 32.0 Å². The number of aryl methyl sites for hydroxylation is 2. The van der Waals surface area contributed by atoms with Crippen molar-refractivity contribution in [2.75, 3.05) is 5.32 Å². The summed E-state index contributed by atoms with van der Waals surface area (Å²) in [5, 5.41) is 7.17. The zero-order valence-corrected chi connectivity index (χ0v) is 11.8. The number of sulfonamides is 1. The van der Waals surface area contributed by atoms with Crippen LogP contribution in [0.15, 0.2) is 39.8 Å². The molecular formula is C13H14N2O4S. The van der Waals surface area contributed by atoms with Crippen LogP contribution in [0.5, 0.6) is 0 Å². The van der Waals surface area contributed by atoms with Crippen LogP contribution >= 0.6 is 0 Å². The number of carbonyl (C=O) groups excluding carboxylic acids is 1. The smallest absolute Gasteiger partial charge is 0.291 e. The SMILES string of the molecule is Cc1cccc(C)c1NC(=O)c1ccc(S(N)(=O)=O)o1. The highest BCUT2D eigenvalue weighted by Gasteiger charge is 2.18. The minimum absolute atomic E-state index is 0.114. The van der Waals surface area contributed by atoms with Gasteiger partial charge in [-0.25, -0.2) is 13.6 Å². The summed E-state index contributed by atoms with van der Waals surface area (Å²) < 4.78 is 27.1. The average molecular weight is 294 g/mol. The molecule has 106 valence electrons. The number of rotatable bonds is 3. The van der Waals surface area contributed by atoms with Crippen LogP contribution in [0.2, 0.25) is 0 Å². The molecule has 2 aromatic rings. The van der Waals surface area contributed by atoms with Crippen LogP contribution < -0.4 is 10.5 Å². The number of nitrogens with one attached hydrogen (secondary N) is 1. The molecule has 1 amide bonds. The van der Waals surface area contributed by atoms with Crippen LogP contribution in [0.1, 0.15) is 21.7 Å². The number of furan rings is 1. The van der Waals surface area contributed by atoms with E-state index < -0.39 is 21.0 Å². The molecule has 0 unspecified atom stereocenters. The van der Waals surface area contributed by atoms with Crippen molar-refractivity contribution >= 4 is 21.6 Å². The Hall–Kier alpha value is -2.12. The van der Waals surface area contributed by atoms with Gasteiger partial charge in [0.2, 0.25) is 5.09 Å². The van der Waals surface area contributed by atoms with E-state index in [1.54, 1.807) is 0 Å². The lowest BCUT2D eigenvalue weighted by atomic mass is 10.1. The van der Waals surface area contributed by atoms with Crippen molar-refractivity contribution in [1.29, 1.82) is 0 Å². The van der Waals surface area contributed by atoms with Crippen molar-refractivity contribution in [1.82, 2.24) is 0 Å². The second-order valence-electron chi connectivity index (χ2n) is 4.38. The Morgan fingerprint density at radius 3 is 2.25 bits per heavy atom. The number of carbonyl (C=O) groups is 1. The Labute approximate surface area is 116 Å². The van der Waals surface area contributed by atoms with Gasteiger partial charge in [-0.05, 0) is 37.1 Å². The minimum Gasteiger partial charge on any atom is -0.438 e. The van der Waals surface area contributed by atoms with E-state index in [-0.39, 0.29) is 5.76 Å². The molecule has 2 rings (SSSR count). The first-order valence-electron chi connectivity index (χ1n) is 5.79. The zero-order chi connectivity index (χ0) is 14.9. The average Bonchev–Trinajstić information content (AvgIpc) is 2.83. The summed E-state index contributed by atoms with van der Waals surface area (Å²) in [6, 6.07) is 8.02. The molecule has 7 heteroatoms. The highest BCUT2D eigenvalue weighted by molar-refractivity contribution is 7.89. The molecule has 1 aromatic carbocycles. The molecule has 6 nitrogen and oxygen atoms in total. The summed E-state index contributed by atoms with van der Waals surface area (Å²) in [4.78, 5) is 12.0. The Morgan fingerprint density at radius 1 is 1.15 bits per heavy atom. The number of anilines is 1. The van der Waals surface area contributed by atoms with Gasteiger partial charge < -0.3 is 9.73 Å². The highest BCUT2D eigenvalue weighted by Crippen LogP contribution is 2.21. The molecule has 20 heavy (non-hydrogen) atoms. The van der Waals surface area contributed by atoms with E-state index in [2.05, 4.69) is 5.32 Å². The second-order valence-corrected chi connectivity index (χ2v) is 5.88. The second kappa shape index (κ2) is 5.10. The molecule has 0 aliphatic rings. The molecule has 0 saturated heterocycles. The summed E-state index contributed by atoms with van der Waals surface area (Å²) in [7, 11) is -3.95. The third kappa shape index (κ3) is 2.89. The Balaban J connectivity index is 2.27. The molecule has 3 N–H and O–H groups in total. The van der Waals surface area contributed by atoms with Crippen molar-refractivity contribution in [3.05, 3.63) is 47.2 Å². The van der Waals surface area contributed by atoms with Crippen molar-refractivity contribution < 1.29 is 17.6 Å². The van der Waals surface area contributed by atoms with Crippen LogP contribution in [-0.4, -0.2) is 14.3 Å². The lowest BCUT2D eigenvalue weighted by Crippen LogP contribution is -2.14. The molecule has 0 fully saturated rings. The Kier molecular flexibility index (Phi) is 3.65. The maximum atomic E-state index is 12.0. The predicted molar refractivity (Wildman–Crippen MR) is 74.0 cm³/mol. The molecule has 0 saturated carbocycles. The fraction of sp³-hybridized carbons (Fsp3) is 0.154. The van der Waals surface area contributed by atoms with E-state index in [4.69, 9.17) is 9.56 Å². The van der Waals surface area contributed by atoms with Gasteiger partial charge in [0.15, 0.2) is 5.76 Å². The van der Waals surface area contributed by atoms with Crippen molar-refractivity contribution in [3.63, 3.8) is 0 Å². The number of hydrogen-bond acceptors (Lipinski definition) is 4. The highest BCUT2D eigenvalue weighted by atomic mass is 32.2. The summed E-state index contributed by atoms with van der Waals surface area (Å²) in [5.74, 6) is -0.644. The first-order chi connectivity index (χ1) is 9.29. The maximum Gasteiger partial charge on any atom is 0.291 e. The largest absolute Gasteiger partial charge is 0.438 e. The fourth-order valence-electron chi connectivity index (χ4n) is 1.78. The van der Waals surface area contributed by atoms with E-state index >= 15 is 0 Å². The summed E-state index contributed by atoms with van der Waals surface area (Å²) in [6.45, 7) is 3.72. The van der Waals surface area contributed by atoms with Crippen LogP contribution in [-0.2, 0) is 10.0 Å². The van der Waals surface area contributed by atoms with Crippen LogP contribution in [0.4, 0.5) is 5.69 Å². The van der Waals surface area contributed by atoms with Crippen LogP contribution in [0, 0.1) is 13.8 Å². The molecule has 0 bridgehead atoms. The number of benzene rings is 1. The first-order valence-corrected chi connectivity index (χ1v) is 7.34. The van der Waals surface area contributed by atoms with Gasteiger partial charge in [0.1, 0.15) is 0 Å². The third-order valence-electron chi connectivity index (χ3n) is 2.81. The normalized spacial score (nSPS) is 11.3. The van der Waals surface area contributed by atoms with Gasteiger partial charge in [0.05, 0.1) is 0 Å². The fourth-order valence-corrected chi connectivity index (χ4v) is 2.25. The van der Waals surface area contributed by atoms with Gasteiger partial charge in [0, 0.05) is 5.69 Å². The molecular weight excluding hydrogens is 280 g/mol. The maximum absolute atomic E-state index is 12.0. The zero-order valence-electron chi connectivity index (χ0n) is 11.0. The van der Waals surface area contributed by atoms with Crippen molar-refractivity contribution in [2.24, 2.45) is 5.14 Å². The number of hydrogen-bond donors (Lipinski definition) is 2. The summed E-state index contributed by atoms with van der Waals surface area (Å²) >= 11 is 0. The number of amides is 1. The molecule has 1 aromatic heterocycles. The molecule has 0 spiro atoms. The van der Waals surface area contributed by atoms with Gasteiger partial charge in [-0.1, -0.05) is 18.2 Å². The van der Waals surface area contributed by atoms with Gasteiger partial charge in [-0.15, -0.1) is 0 Å². The van der Waals surface area contributed by atoms with Gasteiger partial charge >= 0.3 is 0 Å². The van der Waals surface area contributed by atoms with E-state index in [0.29, 0.717) is 5.69 Å². The van der Waals surface area contributed by atoms with E-state index in [1.165, 1.54) is 6.07 Å². The monoisotopic (exact) mass is 294 g/mol. The molecule has 0 radical (unpaired) electrons. The Bertz CT molecular complexity index is 742. The topological polar surface area (TPSA) is 102 Å². The van der Waals surface area contributed by atoms with Crippen LogP contribution in [0.25, 0.3) is 0 Å². The molecule has 0 aliphatic carbocycles. The summed E-state index contributed by atoms with van der Waals surface area (Å²) in [6.07, 6.45) is 0. The first kappa shape index (κ1) is 14.3. The van der Waals surface area contributed by atoms with Crippen molar-refractivity contribution in [2.45, 2.75) is 18.9 Å². The standard InChI is InChI=1S/C13H14N2O4S/c1-8-4-3-5-9(2)12(8)15-13(16)10-6-7-11(19-10)20(14,17)18/h3-7H,1-2H3,(H,15,16)(H2,14,17,18). The Morgan fingerprint density at radius 2 is 1.75 bits per heavy atom. The lowest BCUT2D eigenvalue weighted by molar-refractivity contribution is 0.0991. The molecule has 1 heterocycles. The summed E-state index contributed by atoms with van der Waals surface area (Å²) in [5.41, 5.74) is 2.47. The lowest BCUT2D eigenvalue weighted by Gasteiger charge is -2.10. The van der Waals surface area contributed by atoms with Gasteiger partial charge in [-0.3, -0.25) is 4.79 Å². The molecule has 0 aliphatic heterocycles. The van der Waals surface area contributed by atoms with Crippen LogP contribution in [0.3, 0.4) is 0 Å². The number of para-hydroxylation sites is 1. The number of primary sulfonamides is 1.